The highest BCUT2D eigenvalue weighted by Gasteiger charge is 2.22. The molecule has 4 rings (SSSR count). The molecular weight excluding hydrogens is 392 g/mol. The van der Waals surface area contributed by atoms with Gasteiger partial charge in [-0.25, -0.2) is 13.4 Å². The quantitative estimate of drug-likeness (QED) is 0.612. The van der Waals surface area contributed by atoms with Crippen LogP contribution in [-0.4, -0.2) is 48.7 Å². The van der Waals surface area contributed by atoms with Crippen molar-refractivity contribution >= 4 is 37.4 Å². The Bertz CT molecular complexity index is 1030. The van der Waals surface area contributed by atoms with Crippen molar-refractivity contribution in [1.29, 1.82) is 0 Å². The number of para-hydroxylation sites is 1. The highest BCUT2D eigenvalue weighted by atomic mass is 32.2. The fourth-order valence-electron chi connectivity index (χ4n) is 3.85. The summed E-state index contributed by atoms with van der Waals surface area (Å²) in [6.45, 7) is 4.76. The summed E-state index contributed by atoms with van der Waals surface area (Å²) in [6, 6.07) is 8.52. The van der Waals surface area contributed by atoms with Gasteiger partial charge in [0, 0.05) is 35.4 Å². The van der Waals surface area contributed by atoms with E-state index in [1.807, 2.05) is 5.38 Å². The zero-order chi connectivity index (χ0) is 19.6. The number of fused-ring (bicyclic) bond motifs is 1. The highest BCUT2D eigenvalue weighted by Crippen LogP contribution is 2.33. The van der Waals surface area contributed by atoms with Crippen LogP contribution in [0.3, 0.4) is 0 Å². The van der Waals surface area contributed by atoms with E-state index in [2.05, 4.69) is 50.1 Å². The lowest BCUT2D eigenvalue weighted by Gasteiger charge is -2.31. The van der Waals surface area contributed by atoms with Crippen molar-refractivity contribution in [3.63, 3.8) is 0 Å². The number of nitrogens with zero attached hydrogens (tertiary/aromatic N) is 2. The van der Waals surface area contributed by atoms with Crippen LogP contribution in [0.15, 0.2) is 35.8 Å². The molecule has 3 heterocycles. The number of aromatic nitrogens is 2. The van der Waals surface area contributed by atoms with Crippen LogP contribution in [0.2, 0.25) is 0 Å². The van der Waals surface area contributed by atoms with Crippen molar-refractivity contribution in [3.8, 4) is 0 Å². The molecule has 1 aliphatic rings. The van der Waals surface area contributed by atoms with Crippen molar-refractivity contribution in [1.82, 2.24) is 14.9 Å². The smallest absolute Gasteiger partial charge is 0.234 e. The topological polar surface area (TPSA) is 78.1 Å². The van der Waals surface area contributed by atoms with Gasteiger partial charge in [0.15, 0.2) is 5.13 Å². The lowest BCUT2D eigenvalue weighted by molar-refractivity contribution is 0.214. The van der Waals surface area contributed by atoms with Gasteiger partial charge in [0.25, 0.3) is 0 Å². The first-order valence-electron chi connectivity index (χ1n) is 9.77. The second-order valence-electron chi connectivity index (χ2n) is 7.30. The summed E-state index contributed by atoms with van der Waals surface area (Å²) in [6.07, 6.45) is 5.36. The molecule has 0 atom stereocenters. The molecule has 2 aromatic heterocycles. The molecular formula is C20H26N4O2S2. The minimum atomic E-state index is -3.25. The molecule has 28 heavy (non-hydrogen) atoms. The molecule has 1 aromatic carbocycles. The van der Waals surface area contributed by atoms with Crippen molar-refractivity contribution in [2.45, 2.75) is 32.1 Å². The molecule has 1 aliphatic heterocycles. The highest BCUT2D eigenvalue weighted by molar-refractivity contribution is 7.92. The van der Waals surface area contributed by atoms with Crippen LogP contribution >= 0.6 is 11.3 Å². The molecule has 0 radical (unpaired) electrons. The lowest BCUT2D eigenvalue weighted by Crippen LogP contribution is -2.34. The molecule has 0 saturated carbocycles. The molecule has 3 aromatic rings. The zero-order valence-electron chi connectivity index (χ0n) is 16.0. The van der Waals surface area contributed by atoms with Gasteiger partial charge in [-0.05, 0) is 50.4 Å². The van der Waals surface area contributed by atoms with Gasteiger partial charge in [-0.1, -0.05) is 18.2 Å². The maximum Gasteiger partial charge on any atom is 0.234 e. The Balaban J connectivity index is 1.29. The Kier molecular flexibility index (Phi) is 5.70. The van der Waals surface area contributed by atoms with Crippen molar-refractivity contribution in [3.05, 3.63) is 47.1 Å². The second-order valence-corrected chi connectivity index (χ2v) is 10.2. The number of benzene rings is 1. The van der Waals surface area contributed by atoms with Crippen molar-refractivity contribution in [2.75, 3.05) is 30.1 Å². The average molecular weight is 419 g/mol. The number of piperidine rings is 1. The number of aromatic amines is 1. The predicted octanol–water partition coefficient (Wildman–Crippen LogP) is 3.81. The molecule has 0 aliphatic carbocycles. The number of anilines is 1. The van der Waals surface area contributed by atoms with Crippen LogP contribution in [0, 0.1) is 0 Å². The maximum atomic E-state index is 11.6. The van der Waals surface area contributed by atoms with E-state index in [1.54, 1.807) is 6.92 Å². The Hall–Kier alpha value is -1.90. The summed E-state index contributed by atoms with van der Waals surface area (Å²) in [4.78, 5) is 10.3. The molecule has 0 bridgehead atoms. The lowest BCUT2D eigenvalue weighted by atomic mass is 9.89. The van der Waals surface area contributed by atoms with Gasteiger partial charge in [0.05, 0.1) is 11.4 Å². The van der Waals surface area contributed by atoms with E-state index in [-0.39, 0.29) is 5.75 Å². The van der Waals surface area contributed by atoms with Gasteiger partial charge in [-0.3, -0.25) is 4.72 Å². The van der Waals surface area contributed by atoms with Crippen LogP contribution in [-0.2, 0) is 16.4 Å². The number of hydrogen-bond acceptors (Lipinski definition) is 5. The number of likely N-dealkylation sites (tertiary alicyclic amines) is 1. The number of sulfonamides is 1. The van der Waals surface area contributed by atoms with Gasteiger partial charge in [0.2, 0.25) is 10.0 Å². The van der Waals surface area contributed by atoms with Gasteiger partial charge in [-0.15, -0.1) is 11.3 Å². The monoisotopic (exact) mass is 418 g/mol. The SMILES string of the molecule is CCS(=O)(=O)Nc1nc(CCN2CCC(c3c[nH]c4ccccc34)CC2)cs1. The number of thiazole rings is 1. The molecule has 2 N–H and O–H groups in total. The number of nitrogens with one attached hydrogen (secondary N) is 2. The molecule has 1 saturated heterocycles. The molecule has 8 heteroatoms. The van der Waals surface area contributed by atoms with E-state index in [1.165, 1.54) is 40.6 Å². The third-order valence-corrected chi connectivity index (χ3v) is 7.71. The van der Waals surface area contributed by atoms with Crippen molar-refractivity contribution in [2.24, 2.45) is 0 Å². The predicted molar refractivity (Wildman–Crippen MR) is 116 cm³/mol. The van der Waals surface area contributed by atoms with E-state index in [0.717, 1.165) is 31.7 Å². The largest absolute Gasteiger partial charge is 0.361 e. The minimum Gasteiger partial charge on any atom is -0.361 e. The molecule has 1 fully saturated rings. The maximum absolute atomic E-state index is 11.6. The first-order valence-corrected chi connectivity index (χ1v) is 12.3. The standard InChI is InChI=1S/C20H26N4O2S2/c1-2-28(25,26)23-20-22-16(14-27-20)9-12-24-10-7-15(8-11-24)18-13-21-19-6-4-3-5-17(18)19/h3-6,13-15,21H,2,7-12H2,1H3,(H,22,23). The fourth-order valence-corrected chi connectivity index (χ4v) is 5.46. The minimum absolute atomic E-state index is 0.0628. The number of rotatable bonds is 7. The molecule has 6 nitrogen and oxygen atoms in total. The van der Waals surface area contributed by atoms with E-state index in [4.69, 9.17) is 0 Å². The summed E-state index contributed by atoms with van der Waals surface area (Å²) in [5.74, 6) is 0.675. The first-order chi connectivity index (χ1) is 13.5. The fraction of sp³-hybridized carbons (Fsp3) is 0.450. The van der Waals surface area contributed by atoms with E-state index >= 15 is 0 Å². The van der Waals surface area contributed by atoms with Gasteiger partial charge >= 0.3 is 0 Å². The zero-order valence-corrected chi connectivity index (χ0v) is 17.7. The Morgan fingerprint density at radius 3 is 2.86 bits per heavy atom. The van der Waals surface area contributed by atoms with E-state index < -0.39 is 10.0 Å². The summed E-state index contributed by atoms with van der Waals surface area (Å²) in [5, 5.41) is 3.77. The van der Waals surface area contributed by atoms with Crippen LogP contribution < -0.4 is 4.72 Å². The van der Waals surface area contributed by atoms with Crippen molar-refractivity contribution < 1.29 is 8.42 Å². The third kappa shape index (κ3) is 4.39. The summed E-state index contributed by atoms with van der Waals surface area (Å²) in [5.41, 5.74) is 3.62. The third-order valence-electron chi connectivity index (χ3n) is 5.51. The van der Waals surface area contributed by atoms with Gasteiger partial charge < -0.3 is 9.88 Å². The van der Waals surface area contributed by atoms with Gasteiger partial charge in [-0.2, -0.15) is 0 Å². The molecule has 150 valence electrons. The normalized spacial score (nSPS) is 16.6. The molecule has 0 unspecified atom stereocenters. The number of hydrogen-bond donors (Lipinski definition) is 2. The van der Waals surface area contributed by atoms with Crippen LogP contribution in [0.5, 0.6) is 0 Å². The van der Waals surface area contributed by atoms with E-state index in [9.17, 15) is 8.42 Å². The first kappa shape index (κ1) is 19.4. The Morgan fingerprint density at radius 1 is 1.29 bits per heavy atom. The number of H-pyrrole nitrogens is 1. The summed E-state index contributed by atoms with van der Waals surface area (Å²) >= 11 is 1.35. The summed E-state index contributed by atoms with van der Waals surface area (Å²) < 4.78 is 25.8. The molecule has 0 spiro atoms. The van der Waals surface area contributed by atoms with Gasteiger partial charge in [0.1, 0.15) is 0 Å². The average Bonchev–Trinajstić information content (AvgIpc) is 3.33. The second kappa shape index (κ2) is 8.23. The Labute approximate surface area is 170 Å². The van der Waals surface area contributed by atoms with Crippen LogP contribution in [0.25, 0.3) is 10.9 Å². The van der Waals surface area contributed by atoms with E-state index in [0.29, 0.717) is 11.0 Å². The van der Waals surface area contributed by atoms with Crippen LogP contribution in [0.4, 0.5) is 5.13 Å². The van der Waals surface area contributed by atoms with Crippen LogP contribution in [0.1, 0.15) is 36.9 Å². The Morgan fingerprint density at radius 2 is 2.07 bits per heavy atom. The summed E-state index contributed by atoms with van der Waals surface area (Å²) in [7, 11) is -3.25. The molecule has 0 amide bonds.